The van der Waals surface area contributed by atoms with Crippen LogP contribution in [0, 0.1) is 6.92 Å². The Hall–Kier alpha value is -2.53. The summed E-state index contributed by atoms with van der Waals surface area (Å²) >= 11 is 6.03. The van der Waals surface area contributed by atoms with Crippen LogP contribution in [0.3, 0.4) is 0 Å². The third-order valence-electron chi connectivity index (χ3n) is 3.56. The number of para-hydroxylation sites is 2. The molecule has 1 atom stereocenters. The molecule has 2 aromatic rings. The first-order valence-electron chi connectivity index (χ1n) is 7.16. The van der Waals surface area contributed by atoms with Crippen molar-refractivity contribution in [3.8, 4) is 5.75 Å². The Labute approximate surface area is 138 Å². The molecule has 118 valence electrons. The topological polar surface area (TPSA) is 67.4 Å². The summed E-state index contributed by atoms with van der Waals surface area (Å²) in [6.07, 6.45) is -0.0291. The highest BCUT2D eigenvalue weighted by molar-refractivity contribution is 6.31. The van der Waals surface area contributed by atoms with E-state index in [2.05, 4.69) is 10.6 Å². The molecule has 0 aliphatic carbocycles. The van der Waals surface area contributed by atoms with Gasteiger partial charge in [-0.05, 0) is 36.8 Å². The molecule has 0 saturated heterocycles. The van der Waals surface area contributed by atoms with Crippen LogP contribution in [0.15, 0.2) is 42.5 Å². The number of esters is 1. The number of rotatable bonds is 3. The van der Waals surface area contributed by atoms with Crippen molar-refractivity contribution in [1.29, 1.82) is 0 Å². The molecule has 0 saturated carbocycles. The first-order chi connectivity index (χ1) is 11.0. The number of hydrogen-bond donors (Lipinski definition) is 2. The Morgan fingerprint density at radius 2 is 2.09 bits per heavy atom. The van der Waals surface area contributed by atoms with Crippen LogP contribution < -0.4 is 15.4 Å². The second-order valence-corrected chi connectivity index (χ2v) is 5.74. The number of carbonyl (C=O) groups is 2. The Morgan fingerprint density at radius 1 is 1.30 bits per heavy atom. The van der Waals surface area contributed by atoms with E-state index < -0.39 is 12.0 Å². The van der Waals surface area contributed by atoms with E-state index >= 15 is 0 Å². The zero-order valence-corrected chi connectivity index (χ0v) is 13.2. The van der Waals surface area contributed by atoms with Crippen molar-refractivity contribution < 1.29 is 14.3 Å². The highest BCUT2D eigenvalue weighted by atomic mass is 35.5. The predicted octanol–water partition coefficient (Wildman–Crippen LogP) is 3.38. The van der Waals surface area contributed by atoms with Crippen LogP contribution in [0.4, 0.5) is 11.4 Å². The van der Waals surface area contributed by atoms with E-state index in [4.69, 9.17) is 16.3 Å². The third-order valence-corrected chi connectivity index (χ3v) is 3.96. The van der Waals surface area contributed by atoms with Gasteiger partial charge < -0.3 is 15.4 Å². The molecule has 1 amide bonds. The summed E-state index contributed by atoms with van der Waals surface area (Å²) in [4.78, 5) is 24.1. The smallest absolute Gasteiger partial charge is 0.334 e. The van der Waals surface area contributed by atoms with Crippen molar-refractivity contribution in [2.45, 2.75) is 19.4 Å². The van der Waals surface area contributed by atoms with Gasteiger partial charge in [-0.2, -0.15) is 0 Å². The summed E-state index contributed by atoms with van der Waals surface area (Å²) in [5.74, 6) is -0.293. The van der Waals surface area contributed by atoms with Crippen molar-refractivity contribution in [2.24, 2.45) is 0 Å². The molecule has 0 radical (unpaired) electrons. The average Bonchev–Trinajstić information content (AvgIpc) is 2.51. The molecule has 1 aliphatic heterocycles. The van der Waals surface area contributed by atoms with Gasteiger partial charge in [0.05, 0.1) is 12.1 Å². The molecule has 0 bridgehead atoms. The van der Waals surface area contributed by atoms with E-state index in [9.17, 15) is 9.59 Å². The molecular weight excluding hydrogens is 316 g/mol. The summed E-state index contributed by atoms with van der Waals surface area (Å²) in [5, 5.41) is 6.33. The van der Waals surface area contributed by atoms with E-state index in [1.165, 1.54) is 0 Å². The van der Waals surface area contributed by atoms with Crippen molar-refractivity contribution >= 4 is 34.9 Å². The number of carbonyl (C=O) groups excluding carboxylic acids is 2. The lowest BCUT2D eigenvalue weighted by molar-refractivity contribution is -0.137. The summed E-state index contributed by atoms with van der Waals surface area (Å²) in [5.41, 5.74) is 2.22. The predicted molar refractivity (Wildman–Crippen MR) is 88.9 cm³/mol. The molecule has 2 aromatic carbocycles. The summed E-state index contributed by atoms with van der Waals surface area (Å²) in [6, 6.07) is 11.7. The molecule has 6 heteroatoms. The van der Waals surface area contributed by atoms with Gasteiger partial charge in [0.15, 0.2) is 5.75 Å². The number of anilines is 2. The Morgan fingerprint density at radius 3 is 2.87 bits per heavy atom. The lowest BCUT2D eigenvalue weighted by atomic mass is 10.1. The molecule has 1 aliphatic rings. The van der Waals surface area contributed by atoms with Gasteiger partial charge >= 0.3 is 5.97 Å². The van der Waals surface area contributed by atoms with Gasteiger partial charge in [0.2, 0.25) is 5.91 Å². The molecule has 0 fully saturated rings. The summed E-state index contributed by atoms with van der Waals surface area (Å²) in [7, 11) is 0. The minimum absolute atomic E-state index is 0.0291. The Kier molecular flexibility index (Phi) is 4.21. The quantitative estimate of drug-likeness (QED) is 0.669. The molecule has 0 aromatic heterocycles. The van der Waals surface area contributed by atoms with Crippen LogP contribution >= 0.6 is 11.6 Å². The fourth-order valence-corrected chi connectivity index (χ4v) is 2.48. The Balaban J connectivity index is 1.66. The highest BCUT2D eigenvalue weighted by Gasteiger charge is 2.29. The fraction of sp³-hybridized carbons (Fsp3) is 0.176. The number of nitrogens with one attached hydrogen (secondary N) is 2. The van der Waals surface area contributed by atoms with Crippen LogP contribution in [0.25, 0.3) is 0 Å². The second kappa shape index (κ2) is 6.30. The molecular formula is C17H15ClN2O3. The molecule has 0 spiro atoms. The number of ether oxygens (including phenoxy) is 1. The van der Waals surface area contributed by atoms with Gasteiger partial charge in [0, 0.05) is 10.7 Å². The SMILES string of the molecule is Cc1ccc(NC(=O)CC2Nc3ccccc3OC2=O)cc1Cl. The van der Waals surface area contributed by atoms with E-state index in [0.717, 1.165) is 5.56 Å². The minimum Gasteiger partial charge on any atom is -0.423 e. The lowest BCUT2D eigenvalue weighted by Gasteiger charge is -2.25. The Bertz CT molecular complexity index is 776. The van der Waals surface area contributed by atoms with Crippen LogP contribution in [-0.4, -0.2) is 17.9 Å². The zero-order chi connectivity index (χ0) is 16.4. The lowest BCUT2D eigenvalue weighted by Crippen LogP contribution is -2.39. The van der Waals surface area contributed by atoms with Crippen molar-refractivity contribution in [1.82, 2.24) is 0 Å². The second-order valence-electron chi connectivity index (χ2n) is 5.33. The first-order valence-corrected chi connectivity index (χ1v) is 7.54. The van der Waals surface area contributed by atoms with Crippen LogP contribution in [-0.2, 0) is 9.59 Å². The standard InChI is InChI=1S/C17H15ClN2O3/c1-10-6-7-11(8-12(10)18)19-16(21)9-14-17(22)23-15-5-3-2-4-13(15)20-14/h2-8,14,20H,9H2,1H3,(H,19,21). The van der Waals surface area contributed by atoms with Crippen molar-refractivity contribution in [3.63, 3.8) is 0 Å². The van der Waals surface area contributed by atoms with E-state index in [0.29, 0.717) is 22.1 Å². The van der Waals surface area contributed by atoms with E-state index in [1.54, 1.807) is 30.3 Å². The van der Waals surface area contributed by atoms with Gasteiger partial charge in [-0.1, -0.05) is 29.8 Å². The van der Waals surface area contributed by atoms with Gasteiger partial charge in [0.25, 0.3) is 0 Å². The largest absolute Gasteiger partial charge is 0.423 e. The van der Waals surface area contributed by atoms with Crippen LogP contribution in [0.1, 0.15) is 12.0 Å². The van der Waals surface area contributed by atoms with E-state index in [-0.39, 0.29) is 12.3 Å². The highest BCUT2D eigenvalue weighted by Crippen LogP contribution is 2.29. The third kappa shape index (κ3) is 3.46. The van der Waals surface area contributed by atoms with Gasteiger partial charge in [-0.25, -0.2) is 4.79 Å². The van der Waals surface area contributed by atoms with Gasteiger partial charge in [-0.15, -0.1) is 0 Å². The van der Waals surface area contributed by atoms with E-state index in [1.807, 2.05) is 19.1 Å². The normalized spacial score (nSPS) is 16.1. The molecule has 23 heavy (non-hydrogen) atoms. The molecule has 5 nitrogen and oxygen atoms in total. The van der Waals surface area contributed by atoms with Crippen molar-refractivity contribution in [2.75, 3.05) is 10.6 Å². The number of fused-ring (bicyclic) bond motifs is 1. The maximum atomic E-state index is 12.1. The number of aryl methyl sites for hydroxylation is 1. The maximum absolute atomic E-state index is 12.1. The molecule has 2 N–H and O–H groups in total. The molecule has 3 rings (SSSR count). The average molecular weight is 331 g/mol. The minimum atomic E-state index is -0.717. The zero-order valence-electron chi connectivity index (χ0n) is 12.4. The number of halogens is 1. The number of amides is 1. The molecule has 1 unspecified atom stereocenters. The number of hydrogen-bond acceptors (Lipinski definition) is 4. The maximum Gasteiger partial charge on any atom is 0.334 e. The fourth-order valence-electron chi connectivity index (χ4n) is 2.30. The molecule has 1 heterocycles. The summed E-state index contributed by atoms with van der Waals surface area (Å²) < 4.78 is 5.23. The van der Waals surface area contributed by atoms with Crippen molar-refractivity contribution in [3.05, 3.63) is 53.1 Å². The number of benzene rings is 2. The monoisotopic (exact) mass is 330 g/mol. The van der Waals surface area contributed by atoms with Crippen LogP contribution in [0.2, 0.25) is 5.02 Å². The first kappa shape index (κ1) is 15.4. The summed E-state index contributed by atoms with van der Waals surface area (Å²) in [6.45, 7) is 1.88. The van der Waals surface area contributed by atoms with Gasteiger partial charge in [0.1, 0.15) is 6.04 Å². The van der Waals surface area contributed by atoms with Crippen LogP contribution in [0.5, 0.6) is 5.75 Å². The van der Waals surface area contributed by atoms with Gasteiger partial charge in [-0.3, -0.25) is 4.79 Å².